The number of fused-ring (bicyclic) bond motifs is 2. The fourth-order valence-corrected chi connectivity index (χ4v) is 3.46. The second kappa shape index (κ2) is 6.27. The summed E-state index contributed by atoms with van der Waals surface area (Å²) in [5, 5.41) is 8.38. The Bertz CT molecular complexity index is 1510. The van der Waals surface area contributed by atoms with Gasteiger partial charge in [-0.05, 0) is 19.1 Å². The molecule has 10 nitrogen and oxygen atoms in total. The number of aromatic amines is 2. The summed E-state index contributed by atoms with van der Waals surface area (Å²) >= 11 is 0. The van der Waals surface area contributed by atoms with Crippen LogP contribution in [0.4, 0.5) is 0 Å². The van der Waals surface area contributed by atoms with Gasteiger partial charge in [-0.25, -0.2) is 24.9 Å². The van der Waals surface area contributed by atoms with Gasteiger partial charge in [-0.15, -0.1) is 0 Å². The van der Waals surface area contributed by atoms with Gasteiger partial charge in [0.2, 0.25) is 0 Å². The third-order valence-electron chi connectivity index (χ3n) is 4.88. The molecule has 0 amide bonds. The van der Waals surface area contributed by atoms with E-state index in [2.05, 4.69) is 40.1 Å². The summed E-state index contributed by atoms with van der Waals surface area (Å²) in [5.74, 6) is 0.620. The molecule has 10 heteroatoms. The largest absolute Gasteiger partial charge is 0.321 e. The van der Waals surface area contributed by atoms with Gasteiger partial charge in [0.1, 0.15) is 17.5 Å². The van der Waals surface area contributed by atoms with Crippen molar-refractivity contribution in [2.45, 2.75) is 6.92 Å². The minimum Gasteiger partial charge on any atom is -0.321 e. The van der Waals surface area contributed by atoms with E-state index < -0.39 is 0 Å². The van der Waals surface area contributed by atoms with Gasteiger partial charge in [0.15, 0.2) is 11.5 Å². The van der Waals surface area contributed by atoms with Crippen molar-refractivity contribution < 1.29 is 0 Å². The van der Waals surface area contributed by atoms with Gasteiger partial charge >= 0.3 is 0 Å². The van der Waals surface area contributed by atoms with Crippen LogP contribution in [0.3, 0.4) is 0 Å². The second-order valence-corrected chi connectivity index (χ2v) is 6.85. The molecular formula is C20H14N10. The maximum absolute atomic E-state index is 4.80. The molecule has 6 aromatic rings. The Morgan fingerprint density at radius 3 is 2.77 bits per heavy atom. The standard InChI is InChI=1S/C20H14N10/c1-11-8-30(10-25-11)16-2-3-23-19-18(16)26-20(27-19)17-13-4-14(12-5-21-9-22-6-12)24-7-15(13)28-29-17/h2-10H,1H3,(H,28,29)(H,23,26,27). The summed E-state index contributed by atoms with van der Waals surface area (Å²) in [6.07, 6.45) is 12.2. The Labute approximate surface area is 169 Å². The van der Waals surface area contributed by atoms with E-state index in [1.54, 1.807) is 31.1 Å². The molecule has 0 unspecified atom stereocenters. The van der Waals surface area contributed by atoms with E-state index in [0.717, 1.165) is 39.1 Å². The first-order valence-corrected chi connectivity index (χ1v) is 9.22. The highest BCUT2D eigenvalue weighted by molar-refractivity contribution is 5.95. The molecule has 0 saturated carbocycles. The number of H-pyrrole nitrogens is 2. The van der Waals surface area contributed by atoms with Crippen molar-refractivity contribution in [2.75, 3.05) is 0 Å². The smallest absolute Gasteiger partial charge is 0.161 e. The molecule has 0 saturated heterocycles. The maximum atomic E-state index is 4.80. The summed E-state index contributed by atoms with van der Waals surface area (Å²) in [7, 11) is 0. The van der Waals surface area contributed by atoms with Crippen LogP contribution in [0.25, 0.3) is 50.5 Å². The molecule has 0 aliphatic rings. The second-order valence-electron chi connectivity index (χ2n) is 6.85. The number of hydrogen-bond donors (Lipinski definition) is 2. The predicted molar refractivity (Wildman–Crippen MR) is 110 cm³/mol. The van der Waals surface area contributed by atoms with Crippen LogP contribution in [0.5, 0.6) is 0 Å². The van der Waals surface area contributed by atoms with Crippen LogP contribution >= 0.6 is 0 Å². The Morgan fingerprint density at radius 2 is 1.93 bits per heavy atom. The average Bonchev–Trinajstić information content (AvgIpc) is 3.51. The third-order valence-corrected chi connectivity index (χ3v) is 4.88. The summed E-state index contributed by atoms with van der Waals surface area (Å²) in [4.78, 5) is 29.4. The number of rotatable bonds is 3. The van der Waals surface area contributed by atoms with Crippen molar-refractivity contribution >= 4 is 22.1 Å². The molecule has 0 spiro atoms. The Balaban J connectivity index is 1.52. The minimum absolute atomic E-state index is 0.620. The lowest BCUT2D eigenvalue weighted by molar-refractivity contribution is 1.06. The average molecular weight is 394 g/mol. The molecule has 144 valence electrons. The highest BCUT2D eigenvalue weighted by Crippen LogP contribution is 2.29. The summed E-state index contributed by atoms with van der Waals surface area (Å²) in [5.41, 5.74) is 6.33. The van der Waals surface area contributed by atoms with E-state index in [0.29, 0.717) is 17.2 Å². The molecule has 0 fully saturated rings. The first-order valence-electron chi connectivity index (χ1n) is 9.22. The molecule has 0 aliphatic heterocycles. The number of aromatic nitrogens is 10. The zero-order valence-electron chi connectivity index (χ0n) is 15.8. The van der Waals surface area contributed by atoms with Crippen LogP contribution in [0.2, 0.25) is 0 Å². The molecule has 6 heterocycles. The minimum atomic E-state index is 0.620. The van der Waals surface area contributed by atoms with Crippen LogP contribution < -0.4 is 0 Å². The topological polar surface area (TPSA) is 127 Å². The molecular weight excluding hydrogens is 380 g/mol. The van der Waals surface area contributed by atoms with E-state index in [4.69, 9.17) is 4.98 Å². The Morgan fingerprint density at radius 1 is 1.03 bits per heavy atom. The van der Waals surface area contributed by atoms with Gasteiger partial charge in [-0.2, -0.15) is 5.10 Å². The quantitative estimate of drug-likeness (QED) is 0.472. The summed E-state index contributed by atoms with van der Waals surface area (Å²) in [6.45, 7) is 1.95. The first kappa shape index (κ1) is 16.5. The number of nitrogens with one attached hydrogen (secondary N) is 2. The van der Waals surface area contributed by atoms with Gasteiger partial charge < -0.3 is 9.55 Å². The van der Waals surface area contributed by atoms with Crippen LogP contribution in [-0.2, 0) is 0 Å². The molecule has 0 aromatic carbocycles. The van der Waals surface area contributed by atoms with Gasteiger partial charge in [0, 0.05) is 35.7 Å². The number of imidazole rings is 2. The van der Waals surface area contributed by atoms with Crippen molar-refractivity contribution in [1.82, 2.24) is 49.7 Å². The SMILES string of the molecule is Cc1cn(-c2ccnc3[nH]c(-c4n[nH]c5cnc(-c6cncnc6)cc45)nc23)cn1. The highest BCUT2D eigenvalue weighted by Gasteiger charge is 2.17. The van der Waals surface area contributed by atoms with Gasteiger partial charge in [0.25, 0.3) is 0 Å². The maximum Gasteiger partial charge on any atom is 0.161 e. The molecule has 0 radical (unpaired) electrons. The summed E-state index contributed by atoms with van der Waals surface area (Å²) < 4.78 is 1.93. The van der Waals surface area contributed by atoms with Crippen LogP contribution in [0.15, 0.2) is 55.8 Å². The molecule has 0 atom stereocenters. The number of pyridine rings is 2. The van der Waals surface area contributed by atoms with Crippen molar-refractivity contribution in [3.63, 3.8) is 0 Å². The molecule has 2 N–H and O–H groups in total. The normalized spacial score (nSPS) is 11.5. The van der Waals surface area contributed by atoms with Crippen molar-refractivity contribution in [3.05, 3.63) is 61.5 Å². The highest BCUT2D eigenvalue weighted by atomic mass is 15.2. The third kappa shape index (κ3) is 2.54. The summed E-state index contributed by atoms with van der Waals surface area (Å²) in [6, 6.07) is 3.86. The number of nitrogens with zero attached hydrogens (tertiary/aromatic N) is 8. The lowest BCUT2D eigenvalue weighted by Gasteiger charge is -2.01. The molecule has 6 aromatic heterocycles. The number of hydrogen-bond acceptors (Lipinski definition) is 7. The van der Waals surface area contributed by atoms with Crippen LogP contribution in [0, 0.1) is 6.92 Å². The molecule has 0 bridgehead atoms. The zero-order valence-corrected chi connectivity index (χ0v) is 15.8. The van der Waals surface area contributed by atoms with Crippen molar-refractivity contribution in [3.8, 4) is 28.5 Å². The van der Waals surface area contributed by atoms with E-state index in [9.17, 15) is 0 Å². The predicted octanol–water partition coefficient (Wildman–Crippen LogP) is 2.85. The van der Waals surface area contributed by atoms with Crippen molar-refractivity contribution in [2.24, 2.45) is 0 Å². The van der Waals surface area contributed by atoms with E-state index in [-0.39, 0.29) is 0 Å². The fraction of sp³-hybridized carbons (Fsp3) is 0.0500. The van der Waals surface area contributed by atoms with Crippen molar-refractivity contribution in [1.29, 1.82) is 0 Å². The van der Waals surface area contributed by atoms with Gasteiger partial charge in [0.05, 0.1) is 35.1 Å². The molecule has 6 rings (SSSR count). The lowest BCUT2D eigenvalue weighted by Crippen LogP contribution is -1.92. The number of aryl methyl sites for hydroxylation is 1. The lowest BCUT2D eigenvalue weighted by atomic mass is 10.1. The molecule has 0 aliphatic carbocycles. The van der Waals surface area contributed by atoms with Gasteiger partial charge in [-0.3, -0.25) is 10.1 Å². The molecule has 30 heavy (non-hydrogen) atoms. The monoisotopic (exact) mass is 394 g/mol. The zero-order chi connectivity index (χ0) is 20.1. The van der Waals surface area contributed by atoms with Crippen LogP contribution in [-0.4, -0.2) is 49.7 Å². The fourth-order valence-electron chi connectivity index (χ4n) is 3.46. The first-order chi connectivity index (χ1) is 14.8. The van der Waals surface area contributed by atoms with E-state index in [1.807, 2.05) is 29.8 Å². The van der Waals surface area contributed by atoms with Crippen LogP contribution in [0.1, 0.15) is 5.69 Å². The Kier molecular flexibility index (Phi) is 3.45. The van der Waals surface area contributed by atoms with E-state index in [1.165, 1.54) is 6.33 Å². The van der Waals surface area contributed by atoms with E-state index >= 15 is 0 Å². The van der Waals surface area contributed by atoms with Gasteiger partial charge in [-0.1, -0.05) is 0 Å². The Hall–Kier alpha value is -4.47.